The zero-order chi connectivity index (χ0) is 31.0. The number of sulfonamides is 1. The van der Waals surface area contributed by atoms with Crippen molar-refractivity contribution in [1.29, 1.82) is 0 Å². The van der Waals surface area contributed by atoms with Crippen LogP contribution >= 0.6 is 27.5 Å². The summed E-state index contributed by atoms with van der Waals surface area (Å²) in [4.78, 5) is 28.9. The lowest BCUT2D eigenvalue weighted by molar-refractivity contribution is -0.140. The topological polar surface area (TPSA) is 96.0 Å². The molecule has 0 radical (unpaired) electrons. The second-order valence-corrected chi connectivity index (χ2v) is 13.5. The van der Waals surface area contributed by atoms with E-state index in [1.54, 1.807) is 54.6 Å². The zero-order valence-electron chi connectivity index (χ0n) is 24.4. The van der Waals surface area contributed by atoms with E-state index >= 15 is 0 Å². The first kappa shape index (κ1) is 33.4. The van der Waals surface area contributed by atoms with Crippen molar-refractivity contribution >= 4 is 55.1 Å². The fourth-order valence-corrected chi connectivity index (χ4v) is 6.56. The highest BCUT2D eigenvalue weighted by Crippen LogP contribution is 2.31. The summed E-state index contributed by atoms with van der Waals surface area (Å²) in [6, 6.07) is 17.5. The molecule has 1 unspecified atom stereocenters. The van der Waals surface area contributed by atoms with Crippen LogP contribution in [0.4, 0.5) is 5.69 Å². The Morgan fingerprint density at radius 2 is 1.67 bits per heavy atom. The fraction of sp³-hybridized carbons (Fsp3) is 0.355. The largest absolute Gasteiger partial charge is 0.496 e. The summed E-state index contributed by atoms with van der Waals surface area (Å²) in [6.45, 7) is 7.72. The van der Waals surface area contributed by atoms with E-state index in [0.29, 0.717) is 33.9 Å². The number of ether oxygens (including phenoxy) is 1. The Kier molecular flexibility index (Phi) is 11.8. The molecule has 42 heavy (non-hydrogen) atoms. The van der Waals surface area contributed by atoms with Crippen molar-refractivity contribution in [2.75, 3.05) is 24.5 Å². The molecule has 0 aliphatic rings. The zero-order valence-corrected chi connectivity index (χ0v) is 27.6. The van der Waals surface area contributed by atoms with Crippen LogP contribution in [0.5, 0.6) is 5.75 Å². The predicted molar refractivity (Wildman–Crippen MR) is 170 cm³/mol. The van der Waals surface area contributed by atoms with Crippen LogP contribution < -0.4 is 14.4 Å². The van der Waals surface area contributed by atoms with Crippen LogP contribution in [0.25, 0.3) is 0 Å². The summed E-state index contributed by atoms with van der Waals surface area (Å²) in [7, 11) is -2.72. The molecule has 3 aromatic carbocycles. The third-order valence-electron chi connectivity index (χ3n) is 6.65. The van der Waals surface area contributed by atoms with Crippen molar-refractivity contribution < 1.29 is 22.7 Å². The van der Waals surface area contributed by atoms with Gasteiger partial charge in [0.1, 0.15) is 18.3 Å². The maximum absolute atomic E-state index is 14.1. The number of nitrogens with one attached hydrogen (secondary N) is 1. The quantitative estimate of drug-likeness (QED) is 0.233. The third-order valence-corrected chi connectivity index (χ3v) is 9.29. The lowest BCUT2D eigenvalue weighted by atomic mass is 10.1. The number of methoxy groups -OCH3 is 1. The molecule has 0 fully saturated rings. The number of carbonyl (C=O) groups excluding carboxylic acids is 2. The molecule has 0 bridgehead atoms. The highest BCUT2D eigenvalue weighted by Gasteiger charge is 2.34. The molecule has 0 aliphatic heterocycles. The number of carbonyl (C=O) groups is 2. The van der Waals surface area contributed by atoms with E-state index in [1.807, 2.05) is 27.7 Å². The van der Waals surface area contributed by atoms with E-state index in [2.05, 4.69) is 21.2 Å². The second kappa shape index (κ2) is 14.9. The number of hydrogen-bond donors (Lipinski definition) is 1. The number of amides is 2. The van der Waals surface area contributed by atoms with Gasteiger partial charge in [0.05, 0.1) is 22.2 Å². The Labute approximate surface area is 262 Å². The molecule has 3 aromatic rings. The van der Waals surface area contributed by atoms with Crippen molar-refractivity contribution in [3.8, 4) is 5.75 Å². The molecule has 0 spiro atoms. The maximum Gasteiger partial charge on any atom is 0.264 e. The van der Waals surface area contributed by atoms with Gasteiger partial charge in [-0.1, -0.05) is 62.2 Å². The molecule has 2 amide bonds. The number of hydrogen-bond acceptors (Lipinski definition) is 5. The number of rotatable bonds is 13. The molecule has 0 aliphatic carbocycles. The van der Waals surface area contributed by atoms with Crippen LogP contribution in [0.1, 0.15) is 38.3 Å². The molecular formula is C31H37BrClN3O5S. The standard InChI is InChI=1S/C31H37BrClN3O5S/c1-6-28(31(38)34-18-21(2)3)35(19-23-9-11-24(33)12-10-23)30(37)20-36(25-13-7-22(4)8-14-25)42(39,40)26-15-16-29(41-5)27(32)17-26/h7-17,21,28H,6,18-20H2,1-5H3,(H,34,38). The lowest BCUT2D eigenvalue weighted by Gasteiger charge is -2.33. The smallest absolute Gasteiger partial charge is 0.264 e. The molecule has 1 atom stereocenters. The van der Waals surface area contributed by atoms with Gasteiger partial charge in [0.25, 0.3) is 10.0 Å². The number of benzene rings is 3. The van der Waals surface area contributed by atoms with Crippen LogP contribution in [-0.2, 0) is 26.2 Å². The van der Waals surface area contributed by atoms with Gasteiger partial charge in [-0.25, -0.2) is 8.42 Å². The highest BCUT2D eigenvalue weighted by molar-refractivity contribution is 9.10. The van der Waals surface area contributed by atoms with Crippen molar-refractivity contribution in [2.45, 2.75) is 51.6 Å². The van der Waals surface area contributed by atoms with Gasteiger partial charge in [-0.3, -0.25) is 13.9 Å². The van der Waals surface area contributed by atoms with Crippen LogP contribution in [0.2, 0.25) is 5.02 Å². The van der Waals surface area contributed by atoms with Gasteiger partial charge in [0, 0.05) is 18.1 Å². The van der Waals surface area contributed by atoms with E-state index in [0.717, 1.165) is 15.4 Å². The van der Waals surface area contributed by atoms with Crippen molar-refractivity contribution in [1.82, 2.24) is 10.2 Å². The molecule has 3 rings (SSSR count). The third kappa shape index (κ3) is 8.49. The lowest BCUT2D eigenvalue weighted by Crippen LogP contribution is -2.52. The summed E-state index contributed by atoms with van der Waals surface area (Å²) in [5.41, 5.74) is 2.02. The molecule has 0 aromatic heterocycles. The average Bonchev–Trinajstić information content (AvgIpc) is 2.96. The van der Waals surface area contributed by atoms with Crippen molar-refractivity contribution in [3.05, 3.63) is 87.4 Å². The van der Waals surface area contributed by atoms with Gasteiger partial charge in [-0.2, -0.15) is 0 Å². The monoisotopic (exact) mass is 677 g/mol. The Morgan fingerprint density at radius 3 is 2.21 bits per heavy atom. The number of anilines is 1. The minimum Gasteiger partial charge on any atom is -0.496 e. The molecule has 0 heterocycles. The van der Waals surface area contributed by atoms with Gasteiger partial charge in [-0.05, 0) is 83.2 Å². The molecule has 11 heteroatoms. The molecule has 0 saturated carbocycles. The summed E-state index contributed by atoms with van der Waals surface area (Å²) in [5, 5.41) is 3.47. The van der Waals surface area contributed by atoms with Crippen LogP contribution in [0.15, 0.2) is 76.1 Å². The minimum absolute atomic E-state index is 0.0190. The Hall–Kier alpha value is -3.08. The van der Waals surface area contributed by atoms with E-state index in [4.69, 9.17) is 16.3 Å². The van der Waals surface area contributed by atoms with Gasteiger partial charge in [0.2, 0.25) is 11.8 Å². The molecule has 226 valence electrons. The van der Waals surface area contributed by atoms with Crippen LogP contribution in [0, 0.1) is 12.8 Å². The first-order valence-corrected chi connectivity index (χ1v) is 16.2. The Balaban J connectivity index is 2.06. The first-order chi connectivity index (χ1) is 19.9. The van der Waals surface area contributed by atoms with Gasteiger partial charge < -0.3 is 15.0 Å². The first-order valence-electron chi connectivity index (χ1n) is 13.6. The number of nitrogens with zero attached hydrogens (tertiary/aromatic N) is 2. The number of halogens is 2. The molecule has 1 N–H and O–H groups in total. The van der Waals surface area contributed by atoms with Gasteiger partial charge in [-0.15, -0.1) is 0 Å². The summed E-state index contributed by atoms with van der Waals surface area (Å²) in [5.74, 6) is -0.123. The van der Waals surface area contributed by atoms with Crippen molar-refractivity contribution in [3.63, 3.8) is 0 Å². The van der Waals surface area contributed by atoms with E-state index in [1.165, 1.54) is 24.1 Å². The molecular weight excluding hydrogens is 642 g/mol. The predicted octanol–water partition coefficient (Wildman–Crippen LogP) is 6.19. The van der Waals surface area contributed by atoms with E-state index in [9.17, 15) is 18.0 Å². The highest BCUT2D eigenvalue weighted by atomic mass is 79.9. The second-order valence-electron chi connectivity index (χ2n) is 10.4. The van der Waals surface area contributed by atoms with E-state index < -0.39 is 28.5 Å². The normalized spacial score (nSPS) is 12.1. The van der Waals surface area contributed by atoms with Crippen LogP contribution in [-0.4, -0.2) is 51.4 Å². The molecule has 8 nitrogen and oxygen atoms in total. The summed E-state index contributed by atoms with van der Waals surface area (Å²) < 4.78 is 34.9. The summed E-state index contributed by atoms with van der Waals surface area (Å²) >= 11 is 9.44. The van der Waals surface area contributed by atoms with Crippen LogP contribution in [0.3, 0.4) is 0 Å². The Bertz CT molecular complexity index is 1480. The summed E-state index contributed by atoms with van der Waals surface area (Å²) in [6.07, 6.45) is 0.339. The van der Waals surface area contributed by atoms with E-state index in [-0.39, 0.29) is 23.3 Å². The SMILES string of the molecule is CCC(C(=O)NCC(C)C)N(Cc1ccc(Cl)cc1)C(=O)CN(c1ccc(C)cc1)S(=O)(=O)c1ccc(OC)c(Br)c1. The number of aryl methyl sites for hydroxylation is 1. The minimum atomic E-state index is -4.21. The van der Waals surface area contributed by atoms with Gasteiger partial charge in [0.15, 0.2) is 0 Å². The Morgan fingerprint density at radius 1 is 1.02 bits per heavy atom. The van der Waals surface area contributed by atoms with Gasteiger partial charge >= 0.3 is 0 Å². The van der Waals surface area contributed by atoms with Crippen molar-refractivity contribution in [2.24, 2.45) is 5.92 Å². The molecule has 0 saturated heterocycles. The fourth-order valence-electron chi connectivity index (χ4n) is 4.30. The average molecular weight is 679 g/mol. The maximum atomic E-state index is 14.1.